The van der Waals surface area contributed by atoms with Gasteiger partial charge in [-0.05, 0) is 70.0 Å². The van der Waals surface area contributed by atoms with E-state index in [0.29, 0.717) is 26.1 Å². The fourth-order valence-electron chi connectivity index (χ4n) is 4.01. The molecule has 2 aromatic carbocycles. The smallest absolute Gasteiger partial charge is 0.306 e. The lowest BCUT2D eigenvalue weighted by Gasteiger charge is -2.37. The predicted octanol–water partition coefficient (Wildman–Crippen LogP) is 4.68. The number of aryl methyl sites for hydroxylation is 1. The Morgan fingerprint density at radius 1 is 1.00 bits per heavy atom. The number of carboxylic acid groups (broad SMARTS) is 1. The Hall–Kier alpha value is -2.53. The summed E-state index contributed by atoms with van der Waals surface area (Å²) in [6.07, 6.45) is 1.35. The van der Waals surface area contributed by atoms with Crippen molar-refractivity contribution >= 4 is 5.97 Å². The third kappa shape index (κ3) is 5.10. The fourth-order valence-corrected chi connectivity index (χ4v) is 4.01. The summed E-state index contributed by atoms with van der Waals surface area (Å²) in [6, 6.07) is 14.8. The molecule has 0 bridgehead atoms. The second kappa shape index (κ2) is 9.79. The van der Waals surface area contributed by atoms with Crippen LogP contribution in [0.1, 0.15) is 49.4 Å². The first kappa shape index (κ1) is 21.2. The molecular formula is C24H31NO4. The molecular weight excluding hydrogens is 366 g/mol. The molecule has 0 spiro atoms. The molecule has 156 valence electrons. The van der Waals surface area contributed by atoms with Gasteiger partial charge in [-0.2, -0.15) is 0 Å². The maximum absolute atomic E-state index is 11.4. The molecule has 3 rings (SSSR count). The molecule has 29 heavy (non-hydrogen) atoms. The first-order valence-electron chi connectivity index (χ1n) is 10.5. The Morgan fingerprint density at radius 3 is 2.17 bits per heavy atom. The molecule has 5 nitrogen and oxygen atoms in total. The Kier molecular flexibility index (Phi) is 7.15. The van der Waals surface area contributed by atoms with Gasteiger partial charge >= 0.3 is 5.97 Å². The van der Waals surface area contributed by atoms with Gasteiger partial charge in [0.2, 0.25) is 0 Å². The summed E-state index contributed by atoms with van der Waals surface area (Å²) in [5.74, 6) is 0.579. The summed E-state index contributed by atoms with van der Waals surface area (Å²) in [6.45, 7) is 8.69. The molecule has 1 aliphatic rings. The molecule has 1 fully saturated rings. The number of carboxylic acids is 1. The fraction of sp³-hybridized carbons (Fsp3) is 0.458. The van der Waals surface area contributed by atoms with Crippen LogP contribution in [0, 0.1) is 12.8 Å². The number of carbonyl (C=O) groups is 1. The van der Waals surface area contributed by atoms with Crippen LogP contribution in [0.4, 0.5) is 0 Å². The zero-order valence-corrected chi connectivity index (χ0v) is 17.6. The van der Waals surface area contributed by atoms with Crippen LogP contribution in [0.25, 0.3) is 0 Å². The standard InChI is InChI=1S/C24H31NO4/c1-4-28-21-11-10-20(16-22(21)29-5-2)23(18-8-6-17(3)7-9-18)25-14-12-19(13-15-25)24(26)27/h6-11,16,19,23H,4-5,12-15H2,1-3H3,(H,26,27). The summed E-state index contributed by atoms with van der Waals surface area (Å²) in [5.41, 5.74) is 3.56. The first-order chi connectivity index (χ1) is 14.0. The molecule has 0 radical (unpaired) electrons. The van der Waals surface area contributed by atoms with Crippen molar-refractivity contribution < 1.29 is 19.4 Å². The third-order valence-electron chi connectivity index (χ3n) is 5.52. The van der Waals surface area contributed by atoms with Crippen LogP contribution in [-0.4, -0.2) is 42.3 Å². The molecule has 5 heteroatoms. The Morgan fingerprint density at radius 2 is 1.59 bits per heavy atom. The van der Waals surface area contributed by atoms with E-state index >= 15 is 0 Å². The number of ether oxygens (including phenoxy) is 2. The summed E-state index contributed by atoms with van der Waals surface area (Å²) < 4.78 is 11.6. The van der Waals surface area contributed by atoms with Crippen molar-refractivity contribution in [1.29, 1.82) is 0 Å². The van der Waals surface area contributed by atoms with Gasteiger partial charge in [-0.3, -0.25) is 9.69 Å². The van der Waals surface area contributed by atoms with Crippen LogP contribution >= 0.6 is 0 Å². The predicted molar refractivity (Wildman–Crippen MR) is 114 cm³/mol. The zero-order valence-electron chi connectivity index (χ0n) is 17.6. The van der Waals surface area contributed by atoms with E-state index in [-0.39, 0.29) is 12.0 Å². The summed E-state index contributed by atoms with van der Waals surface area (Å²) in [4.78, 5) is 13.8. The van der Waals surface area contributed by atoms with Gasteiger partial charge in [-0.25, -0.2) is 0 Å². The minimum atomic E-state index is -0.684. The molecule has 1 heterocycles. The third-order valence-corrected chi connectivity index (χ3v) is 5.52. The summed E-state index contributed by atoms with van der Waals surface area (Å²) in [7, 11) is 0. The highest BCUT2D eigenvalue weighted by Gasteiger charge is 2.30. The average Bonchev–Trinajstić information content (AvgIpc) is 2.72. The van der Waals surface area contributed by atoms with E-state index in [1.807, 2.05) is 19.9 Å². The summed E-state index contributed by atoms with van der Waals surface area (Å²) >= 11 is 0. The SMILES string of the molecule is CCOc1ccc(C(c2ccc(C)cc2)N2CCC(C(=O)O)CC2)cc1OCC. The lowest BCUT2D eigenvalue weighted by atomic mass is 9.91. The molecule has 1 saturated heterocycles. The van der Waals surface area contributed by atoms with Gasteiger partial charge in [-0.1, -0.05) is 35.9 Å². The van der Waals surface area contributed by atoms with Crippen molar-refractivity contribution in [3.63, 3.8) is 0 Å². The van der Waals surface area contributed by atoms with Gasteiger partial charge < -0.3 is 14.6 Å². The first-order valence-corrected chi connectivity index (χ1v) is 10.5. The highest BCUT2D eigenvalue weighted by atomic mass is 16.5. The lowest BCUT2D eigenvalue weighted by molar-refractivity contribution is -0.143. The van der Waals surface area contributed by atoms with Crippen molar-refractivity contribution in [3.8, 4) is 11.5 Å². The largest absolute Gasteiger partial charge is 0.490 e. The number of nitrogens with zero attached hydrogens (tertiary/aromatic N) is 1. The number of aliphatic carboxylic acids is 1. The van der Waals surface area contributed by atoms with E-state index in [2.05, 4.69) is 48.2 Å². The van der Waals surface area contributed by atoms with Gasteiger partial charge in [0.05, 0.1) is 25.2 Å². The van der Waals surface area contributed by atoms with E-state index in [9.17, 15) is 9.90 Å². The number of benzene rings is 2. The van der Waals surface area contributed by atoms with Gasteiger partial charge in [-0.15, -0.1) is 0 Å². The molecule has 0 aromatic heterocycles. The highest BCUT2D eigenvalue weighted by Crippen LogP contribution is 2.37. The van der Waals surface area contributed by atoms with Crippen LogP contribution < -0.4 is 9.47 Å². The van der Waals surface area contributed by atoms with Crippen molar-refractivity contribution in [2.75, 3.05) is 26.3 Å². The zero-order chi connectivity index (χ0) is 20.8. The quantitative estimate of drug-likeness (QED) is 0.701. The van der Waals surface area contributed by atoms with Crippen LogP contribution in [0.3, 0.4) is 0 Å². The van der Waals surface area contributed by atoms with E-state index < -0.39 is 5.97 Å². The maximum atomic E-state index is 11.4. The number of piperidine rings is 1. The molecule has 0 amide bonds. The molecule has 0 saturated carbocycles. The Bertz CT molecular complexity index is 810. The highest BCUT2D eigenvalue weighted by molar-refractivity contribution is 5.70. The Labute approximate surface area is 173 Å². The second-order valence-electron chi connectivity index (χ2n) is 7.53. The van der Waals surface area contributed by atoms with E-state index in [1.165, 1.54) is 11.1 Å². The van der Waals surface area contributed by atoms with Crippen LogP contribution in [0.2, 0.25) is 0 Å². The average molecular weight is 398 g/mol. The number of hydrogen-bond donors (Lipinski definition) is 1. The van der Waals surface area contributed by atoms with Crippen molar-refractivity contribution in [3.05, 3.63) is 59.2 Å². The van der Waals surface area contributed by atoms with Crippen molar-refractivity contribution in [2.45, 2.75) is 39.7 Å². The van der Waals surface area contributed by atoms with Gasteiger partial charge in [0, 0.05) is 0 Å². The van der Waals surface area contributed by atoms with Crippen LogP contribution in [0.15, 0.2) is 42.5 Å². The summed E-state index contributed by atoms with van der Waals surface area (Å²) in [5, 5.41) is 9.36. The molecule has 1 unspecified atom stereocenters. The topological polar surface area (TPSA) is 59.0 Å². The van der Waals surface area contributed by atoms with Crippen molar-refractivity contribution in [2.24, 2.45) is 5.92 Å². The lowest BCUT2D eigenvalue weighted by Crippen LogP contribution is -2.39. The minimum Gasteiger partial charge on any atom is -0.490 e. The molecule has 1 atom stereocenters. The van der Waals surface area contributed by atoms with Crippen molar-refractivity contribution in [1.82, 2.24) is 4.90 Å². The van der Waals surface area contributed by atoms with Gasteiger partial charge in [0.1, 0.15) is 0 Å². The van der Waals surface area contributed by atoms with E-state index in [1.54, 1.807) is 0 Å². The molecule has 2 aromatic rings. The number of rotatable bonds is 8. The van der Waals surface area contributed by atoms with Crippen LogP contribution in [0.5, 0.6) is 11.5 Å². The molecule has 0 aliphatic carbocycles. The van der Waals surface area contributed by atoms with Crippen LogP contribution in [-0.2, 0) is 4.79 Å². The Balaban J connectivity index is 1.96. The molecule has 1 aliphatic heterocycles. The minimum absolute atomic E-state index is 0.0558. The van der Waals surface area contributed by atoms with Gasteiger partial charge in [0.15, 0.2) is 11.5 Å². The molecule has 1 N–H and O–H groups in total. The van der Waals surface area contributed by atoms with E-state index in [0.717, 1.165) is 30.2 Å². The van der Waals surface area contributed by atoms with Gasteiger partial charge in [0.25, 0.3) is 0 Å². The second-order valence-corrected chi connectivity index (χ2v) is 7.53. The number of likely N-dealkylation sites (tertiary alicyclic amines) is 1. The van der Waals surface area contributed by atoms with E-state index in [4.69, 9.17) is 9.47 Å². The number of hydrogen-bond acceptors (Lipinski definition) is 4. The monoisotopic (exact) mass is 397 g/mol. The normalized spacial score (nSPS) is 16.4. The maximum Gasteiger partial charge on any atom is 0.306 e.